The van der Waals surface area contributed by atoms with Gasteiger partial charge in [-0.1, -0.05) is 20.3 Å². The predicted octanol–water partition coefficient (Wildman–Crippen LogP) is 2.62. The number of nitrogens with zero attached hydrogens (tertiary/aromatic N) is 2. The first-order chi connectivity index (χ1) is 10.8. The maximum Gasteiger partial charge on any atom is 0.190 e. The normalized spacial score (nSPS) is 11.7. The Hall–Kier alpha value is -1.14. The summed E-state index contributed by atoms with van der Waals surface area (Å²) in [7, 11) is 1.80. The zero-order valence-corrected chi connectivity index (χ0v) is 15.0. The molecule has 0 atom stereocenters. The van der Waals surface area contributed by atoms with E-state index in [-0.39, 0.29) is 0 Å². The second-order valence-corrected chi connectivity index (χ2v) is 6.27. The van der Waals surface area contributed by atoms with Gasteiger partial charge in [0.2, 0.25) is 0 Å². The van der Waals surface area contributed by atoms with Gasteiger partial charge in [-0.15, -0.1) is 11.3 Å². The van der Waals surface area contributed by atoms with E-state index in [1.807, 2.05) is 6.20 Å². The predicted molar refractivity (Wildman–Crippen MR) is 94.9 cm³/mol. The summed E-state index contributed by atoms with van der Waals surface area (Å²) in [6.07, 6.45) is 7.31. The highest BCUT2D eigenvalue weighted by atomic mass is 32.1. The van der Waals surface area contributed by atoms with E-state index in [0.717, 1.165) is 57.9 Å². The van der Waals surface area contributed by atoms with Crippen LogP contribution < -0.4 is 10.6 Å². The van der Waals surface area contributed by atoms with Crippen molar-refractivity contribution in [2.75, 3.05) is 33.4 Å². The third kappa shape index (κ3) is 8.34. The summed E-state index contributed by atoms with van der Waals surface area (Å²) in [4.78, 5) is 9.99. The Bertz CT molecular complexity index is 420. The molecule has 22 heavy (non-hydrogen) atoms. The standard InChI is InChI=1S/C16H30N4OS/c1-4-6-11-21-12-7-9-18-16(17-3)19-10-8-15-20-13-14(5-2)22-15/h13H,4-12H2,1-3H3,(H2,17,18,19). The quantitative estimate of drug-likeness (QED) is 0.373. The minimum atomic E-state index is 0.808. The molecule has 1 rings (SSSR count). The molecule has 0 saturated carbocycles. The van der Waals surface area contributed by atoms with E-state index in [2.05, 4.69) is 34.5 Å². The highest BCUT2D eigenvalue weighted by molar-refractivity contribution is 7.11. The molecule has 0 aliphatic heterocycles. The molecule has 0 bridgehead atoms. The van der Waals surface area contributed by atoms with Crippen LogP contribution in [0.25, 0.3) is 0 Å². The molecule has 0 saturated heterocycles. The van der Waals surface area contributed by atoms with Crippen LogP contribution in [0.15, 0.2) is 11.2 Å². The minimum absolute atomic E-state index is 0.808. The smallest absolute Gasteiger partial charge is 0.190 e. The van der Waals surface area contributed by atoms with Crippen molar-refractivity contribution in [3.8, 4) is 0 Å². The molecule has 2 N–H and O–H groups in total. The second kappa shape index (κ2) is 12.4. The Labute approximate surface area is 138 Å². The summed E-state index contributed by atoms with van der Waals surface area (Å²) < 4.78 is 5.53. The van der Waals surface area contributed by atoms with Crippen LogP contribution in [0.3, 0.4) is 0 Å². The van der Waals surface area contributed by atoms with Gasteiger partial charge in [-0.25, -0.2) is 4.98 Å². The van der Waals surface area contributed by atoms with Gasteiger partial charge in [-0.3, -0.25) is 4.99 Å². The lowest BCUT2D eigenvalue weighted by Gasteiger charge is -2.11. The van der Waals surface area contributed by atoms with E-state index in [1.165, 1.54) is 16.3 Å². The number of rotatable bonds is 11. The van der Waals surface area contributed by atoms with Crippen LogP contribution in [0.1, 0.15) is 43.0 Å². The van der Waals surface area contributed by atoms with Crippen molar-refractivity contribution in [2.45, 2.75) is 46.0 Å². The third-order valence-corrected chi connectivity index (χ3v) is 4.41. The summed E-state index contributed by atoms with van der Waals surface area (Å²) in [6.45, 7) is 7.74. The van der Waals surface area contributed by atoms with Crippen molar-refractivity contribution in [3.63, 3.8) is 0 Å². The van der Waals surface area contributed by atoms with Crippen LogP contribution in [0.4, 0.5) is 0 Å². The largest absolute Gasteiger partial charge is 0.381 e. The number of hydrogen-bond acceptors (Lipinski definition) is 4. The van der Waals surface area contributed by atoms with Crippen LogP contribution in [0.2, 0.25) is 0 Å². The van der Waals surface area contributed by atoms with Crippen LogP contribution in [0, 0.1) is 0 Å². The Morgan fingerprint density at radius 1 is 1.23 bits per heavy atom. The first-order valence-corrected chi connectivity index (χ1v) is 9.07. The van der Waals surface area contributed by atoms with Gasteiger partial charge >= 0.3 is 0 Å². The third-order valence-electron chi connectivity index (χ3n) is 3.20. The summed E-state index contributed by atoms with van der Waals surface area (Å²) in [6, 6.07) is 0. The number of unbranched alkanes of at least 4 members (excludes halogenated alkanes) is 1. The fourth-order valence-corrected chi connectivity index (χ4v) is 2.73. The van der Waals surface area contributed by atoms with Gasteiger partial charge in [-0.05, 0) is 19.3 Å². The lowest BCUT2D eigenvalue weighted by Crippen LogP contribution is -2.39. The molecule has 1 aromatic heterocycles. The molecule has 0 aromatic carbocycles. The minimum Gasteiger partial charge on any atom is -0.381 e. The first kappa shape index (κ1) is 18.9. The molecule has 0 aliphatic rings. The van der Waals surface area contributed by atoms with Gasteiger partial charge in [0.15, 0.2) is 5.96 Å². The average molecular weight is 327 g/mol. The zero-order valence-electron chi connectivity index (χ0n) is 14.2. The van der Waals surface area contributed by atoms with Crippen molar-refractivity contribution in [1.29, 1.82) is 0 Å². The Morgan fingerprint density at radius 3 is 2.68 bits per heavy atom. The summed E-state index contributed by atoms with van der Waals surface area (Å²) in [5.74, 6) is 0.848. The number of aryl methyl sites for hydroxylation is 1. The van der Waals surface area contributed by atoms with Gasteiger partial charge < -0.3 is 15.4 Å². The number of ether oxygens (including phenoxy) is 1. The van der Waals surface area contributed by atoms with E-state index >= 15 is 0 Å². The van der Waals surface area contributed by atoms with Crippen LogP contribution in [0.5, 0.6) is 0 Å². The van der Waals surface area contributed by atoms with Gasteiger partial charge in [0.05, 0.1) is 5.01 Å². The number of aromatic nitrogens is 1. The topological polar surface area (TPSA) is 58.5 Å². The van der Waals surface area contributed by atoms with E-state index < -0.39 is 0 Å². The molecule has 0 fully saturated rings. The average Bonchev–Trinajstić information content (AvgIpc) is 3.00. The van der Waals surface area contributed by atoms with E-state index in [9.17, 15) is 0 Å². The number of thiazole rings is 1. The number of guanidine groups is 1. The van der Waals surface area contributed by atoms with Crippen LogP contribution >= 0.6 is 11.3 Å². The van der Waals surface area contributed by atoms with Crippen molar-refractivity contribution in [2.24, 2.45) is 4.99 Å². The van der Waals surface area contributed by atoms with Crippen molar-refractivity contribution in [1.82, 2.24) is 15.6 Å². The summed E-state index contributed by atoms with van der Waals surface area (Å²) >= 11 is 1.80. The molecule has 0 radical (unpaired) electrons. The van der Waals surface area contributed by atoms with E-state index in [4.69, 9.17) is 4.74 Å². The molecule has 1 heterocycles. The van der Waals surface area contributed by atoms with Gasteiger partial charge in [0.25, 0.3) is 0 Å². The number of nitrogens with one attached hydrogen (secondary N) is 2. The van der Waals surface area contributed by atoms with Crippen molar-refractivity contribution >= 4 is 17.3 Å². The molecule has 0 amide bonds. The van der Waals surface area contributed by atoms with Gasteiger partial charge in [0, 0.05) is 50.8 Å². The zero-order chi connectivity index (χ0) is 16.0. The first-order valence-electron chi connectivity index (χ1n) is 8.26. The van der Waals surface area contributed by atoms with Crippen LogP contribution in [-0.2, 0) is 17.6 Å². The molecule has 1 aromatic rings. The van der Waals surface area contributed by atoms with Gasteiger partial charge in [0.1, 0.15) is 0 Å². The van der Waals surface area contributed by atoms with E-state index in [0.29, 0.717) is 0 Å². The van der Waals surface area contributed by atoms with E-state index in [1.54, 1.807) is 18.4 Å². The van der Waals surface area contributed by atoms with Crippen LogP contribution in [-0.4, -0.2) is 44.3 Å². The Morgan fingerprint density at radius 2 is 2.00 bits per heavy atom. The van der Waals surface area contributed by atoms with Crippen molar-refractivity contribution < 1.29 is 4.74 Å². The Balaban J connectivity index is 2.07. The molecule has 0 unspecified atom stereocenters. The molecular formula is C16H30N4OS. The molecule has 126 valence electrons. The number of aliphatic imine (C=N–C) groups is 1. The molecular weight excluding hydrogens is 296 g/mol. The maximum absolute atomic E-state index is 5.53. The molecule has 5 nitrogen and oxygen atoms in total. The lowest BCUT2D eigenvalue weighted by atomic mass is 10.4. The number of hydrogen-bond donors (Lipinski definition) is 2. The highest BCUT2D eigenvalue weighted by Gasteiger charge is 2.01. The molecule has 0 aliphatic carbocycles. The summed E-state index contributed by atoms with van der Waals surface area (Å²) in [5.41, 5.74) is 0. The van der Waals surface area contributed by atoms with Crippen molar-refractivity contribution in [3.05, 3.63) is 16.1 Å². The fourth-order valence-electron chi connectivity index (χ4n) is 1.86. The highest BCUT2D eigenvalue weighted by Crippen LogP contribution is 2.13. The SMILES string of the molecule is CCCCOCCCNC(=NC)NCCc1ncc(CC)s1. The Kier molecular flexibility index (Phi) is 10.7. The fraction of sp³-hybridized carbons (Fsp3) is 0.750. The lowest BCUT2D eigenvalue weighted by molar-refractivity contribution is 0.129. The second-order valence-electron chi connectivity index (χ2n) is 5.07. The monoisotopic (exact) mass is 326 g/mol. The molecule has 6 heteroatoms. The van der Waals surface area contributed by atoms with Gasteiger partial charge in [-0.2, -0.15) is 0 Å². The molecule has 0 spiro atoms. The summed E-state index contributed by atoms with van der Waals surface area (Å²) in [5, 5.41) is 7.81. The maximum atomic E-state index is 5.53.